The van der Waals surface area contributed by atoms with Crippen LogP contribution in [0.4, 0.5) is 0 Å². The number of benzene rings is 1. The molecule has 1 amide bonds. The maximum absolute atomic E-state index is 12.5. The van der Waals surface area contributed by atoms with Crippen molar-refractivity contribution >= 4 is 16.8 Å². The molecule has 0 aliphatic heterocycles. The van der Waals surface area contributed by atoms with Gasteiger partial charge in [0.2, 0.25) is 5.91 Å². The third-order valence-corrected chi connectivity index (χ3v) is 4.66. The van der Waals surface area contributed by atoms with E-state index in [0.29, 0.717) is 17.4 Å². The van der Waals surface area contributed by atoms with Crippen LogP contribution in [0.3, 0.4) is 0 Å². The maximum Gasteiger partial charge on any atom is 0.261 e. The SMILES string of the molecule is Cn1cc(-c2ncccc2CNC(=O)CCn2cnc3ccccc3c2=O)cn1. The van der Waals surface area contributed by atoms with Gasteiger partial charge >= 0.3 is 0 Å². The summed E-state index contributed by atoms with van der Waals surface area (Å²) >= 11 is 0. The Bertz CT molecular complexity index is 1230. The number of carbonyl (C=O) groups excluding carboxylic acids is 1. The molecule has 0 aliphatic rings. The van der Waals surface area contributed by atoms with Crippen LogP contribution in [0.15, 0.2) is 66.1 Å². The molecule has 0 radical (unpaired) electrons. The van der Waals surface area contributed by atoms with Crippen LogP contribution in [0.1, 0.15) is 12.0 Å². The van der Waals surface area contributed by atoms with E-state index in [2.05, 4.69) is 20.4 Å². The summed E-state index contributed by atoms with van der Waals surface area (Å²) in [6, 6.07) is 10.9. The molecule has 0 spiro atoms. The number of nitrogens with one attached hydrogen (secondary N) is 1. The number of pyridine rings is 1. The van der Waals surface area contributed by atoms with Crippen LogP contribution in [-0.4, -0.2) is 30.2 Å². The predicted molar refractivity (Wildman–Crippen MR) is 109 cm³/mol. The molecule has 0 unspecified atom stereocenters. The molecule has 8 heteroatoms. The van der Waals surface area contributed by atoms with Crippen molar-refractivity contribution in [2.45, 2.75) is 19.5 Å². The van der Waals surface area contributed by atoms with Gasteiger partial charge in [0.05, 0.1) is 29.1 Å². The van der Waals surface area contributed by atoms with Crippen molar-refractivity contribution in [2.24, 2.45) is 7.05 Å². The zero-order valence-electron chi connectivity index (χ0n) is 15.9. The zero-order valence-corrected chi connectivity index (χ0v) is 15.9. The Morgan fingerprint density at radius 3 is 2.83 bits per heavy atom. The normalized spacial score (nSPS) is 10.9. The monoisotopic (exact) mass is 388 g/mol. The van der Waals surface area contributed by atoms with Gasteiger partial charge in [0.25, 0.3) is 5.56 Å². The van der Waals surface area contributed by atoms with Gasteiger partial charge in [-0.15, -0.1) is 0 Å². The molecule has 1 aromatic carbocycles. The second-order valence-corrected chi connectivity index (χ2v) is 6.70. The minimum absolute atomic E-state index is 0.144. The van der Waals surface area contributed by atoms with Gasteiger partial charge in [-0.2, -0.15) is 5.10 Å². The third-order valence-electron chi connectivity index (χ3n) is 4.66. The summed E-state index contributed by atoms with van der Waals surface area (Å²) in [7, 11) is 1.84. The van der Waals surface area contributed by atoms with Crippen LogP contribution < -0.4 is 10.9 Å². The number of rotatable bonds is 6. The first-order valence-corrected chi connectivity index (χ1v) is 9.25. The summed E-state index contributed by atoms with van der Waals surface area (Å²) in [6.07, 6.45) is 7.01. The van der Waals surface area contributed by atoms with Crippen LogP contribution in [0.25, 0.3) is 22.2 Å². The summed E-state index contributed by atoms with van der Waals surface area (Å²) in [5.41, 5.74) is 3.09. The number of amides is 1. The summed E-state index contributed by atoms with van der Waals surface area (Å²) in [5, 5.41) is 7.62. The molecule has 4 aromatic rings. The summed E-state index contributed by atoms with van der Waals surface area (Å²) in [6.45, 7) is 0.618. The quantitative estimate of drug-likeness (QED) is 0.544. The van der Waals surface area contributed by atoms with E-state index in [1.165, 1.54) is 10.9 Å². The van der Waals surface area contributed by atoms with E-state index in [1.807, 2.05) is 31.4 Å². The number of fused-ring (bicyclic) bond motifs is 1. The number of para-hydroxylation sites is 1. The van der Waals surface area contributed by atoms with Crippen LogP contribution in [0.2, 0.25) is 0 Å². The predicted octanol–water partition coefficient (Wildman–Crippen LogP) is 1.90. The average molecular weight is 388 g/mol. The molecular formula is C21H20N6O2. The van der Waals surface area contributed by atoms with Crippen molar-refractivity contribution in [3.8, 4) is 11.3 Å². The average Bonchev–Trinajstić information content (AvgIpc) is 3.18. The fourth-order valence-corrected chi connectivity index (χ4v) is 3.15. The Labute approximate surface area is 166 Å². The fraction of sp³-hybridized carbons (Fsp3) is 0.190. The summed E-state index contributed by atoms with van der Waals surface area (Å²) in [4.78, 5) is 33.5. The van der Waals surface area contributed by atoms with Gasteiger partial charge in [0, 0.05) is 44.5 Å². The molecule has 0 fully saturated rings. The number of hydrogen-bond donors (Lipinski definition) is 1. The summed E-state index contributed by atoms with van der Waals surface area (Å²) < 4.78 is 3.18. The molecule has 0 saturated heterocycles. The Morgan fingerprint density at radius 2 is 2.00 bits per heavy atom. The zero-order chi connectivity index (χ0) is 20.2. The smallest absolute Gasteiger partial charge is 0.261 e. The van der Waals surface area contributed by atoms with Gasteiger partial charge in [-0.05, 0) is 23.8 Å². The maximum atomic E-state index is 12.5. The Balaban J connectivity index is 1.40. The van der Waals surface area contributed by atoms with Crippen LogP contribution in [0, 0.1) is 0 Å². The molecule has 0 bridgehead atoms. The van der Waals surface area contributed by atoms with Crippen LogP contribution in [-0.2, 0) is 24.9 Å². The molecule has 4 rings (SSSR count). The highest BCUT2D eigenvalue weighted by molar-refractivity contribution is 5.77. The van der Waals surface area contributed by atoms with E-state index >= 15 is 0 Å². The van der Waals surface area contributed by atoms with Crippen molar-refractivity contribution in [1.82, 2.24) is 29.6 Å². The Morgan fingerprint density at radius 1 is 1.14 bits per heavy atom. The van der Waals surface area contributed by atoms with Gasteiger partial charge in [0.15, 0.2) is 0 Å². The lowest BCUT2D eigenvalue weighted by Crippen LogP contribution is -2.27. The minimum atomic E-state index is -0.147. The van der Waals surface area contributed by atoms with Crippen LogP contribution >= 0.6 is 0 Å². The summed E-state index contributed by atoms with van der Waals surface area (Å²) in [5.74, 6) is -0.147. The van der Waals surface area contributed by atoms with E-state index in [-0.39, 0.29) is 24.4 Å². The number of nitrogens with zero attached hydrogens (tertiary/aromatic N) is 5. The standard InChI is InChI=1S/C21H20N6O2/c1-26-13-16(12-25-26)20-15(5-4-9-22-20)11-23-19(28)8-10-27-14-24-18-7-3-2-6-17(18)21(27)29/h2-7,9,12-14H,8,10-11H2,1H3,(H,23,28). The lowest BCUT2D eigenvalue weighted by molar-refractivity contribution is -0.121. The Kier molecular flexibility index (Phi) is 5.15. The lowest BCUT2D eigenvalue weighted by Gasteiger charge is -2.10. The molecule has 0 aliphatic carbocycles. The van der Waals surface area contributed by atoms with Gasteiger partial charge in [-0.25, -0.2) is 4.98 Å². The van der Waals surface area contributed by atoms with Gasteiger partial charge in [-0.1, -0.05) is 18.2 Å². The molecule has 0 atom stereocenters. The second kappa shape index (κ2) is 8.05. The Hall–Kier alpha value is -3.81. The van der Waals surface area contributed by atoms with E-state index in [4.69, 9.17) is 0 Å². The number of aryl methyl sites for hydroxylation is 2. The number of hydrogen-bond acceptors (Lipinski definition) is 5. The van der Waals surface area contributed by atoms with Gasteiger partial charge < -0.3 is 5.32 Å². The highest BCUT2D eigenvalue weighted by Crippen LogP contribution is 2.20. The molecule has 8 nitrogen and oxygen atoms in total. The molecule has 3 heterocycles. The molecule has 3 aromatic heterocycles. The molecule has 146 valence electrons. The van der Waals surface area contributed by atoms with Gasteiger partial charge in [0.1, 0.15) is 0 Å². The third kappa shape index (κ3) is 4.06. The first-order valence-electron chi connectivity index (χ1n) is 9.25. The van der Waals surface area contributed by atoms with Crippen molar-refractivity contribution in [1.29, 1.82) is 0 Å². The topological polar surface area (TPSA) is 94.7 Å². The molecule has 29 heavy (non-hydrogen) atoms. The fourth-order valence-electron chi connectivity index (χ4n) is 3.15. The highest BCUT2D eigenvalue weighted by Gasteiger charge is 2.10. The molecule has 1 N–H and O–H groups in total. The van der Waals surface area contributed by atoms with Crippen molar-refractivity contribution in [3.63, 3.8) is 0 Å². The largest absolute Gasteiger partial charge is 0.352 e. The number of carbonyl (C=O) groups is 1. The van der Waals surface area contributed by atoms with Crippen molar-refractivity contribution in [3.05, 3.63) is 77.2 Å². The second-order valence-electron chi connectivity index (χ2n) is 6.70. The molecular weight excluding hydrogens is 368 g/mol. The van der Waals surface area contributed by atoms with E-state index in [1.54, 1.807) is 35.3 Å². The van der Waals surface area contributed by atoms with E-state index < -0.39 is 0 Å². The number of aromatic nitrogens is 5. The van der Waals surface area contributed by atoms with E-state index in [0.717, 1.165) is 16.8 Å². The first kappa shape index (κ1) is 18.5. The van der Waals surface area contributed by atoms with Crippen molar-refractivity contribution in [2.75, 3.05) is 0 Å². The van der Waals surface area contributed by atoms with Gasteiger partial charge in [-0.3, -0.25) is 23.8 Å². The highest BCUT2D eigenvalue weighted by atomic mass is 16.1. The van der Waals surface area contributed by atoms with E-state index in [9.17, 15) is 9.59 Å². The van der Waals surface area contributed by atoms with Crippen LogP contribution in [0.5, 0.6) is 0 Å². The lowest BCUT2D eigenvalue weighted by atomic mass is 10.1. The molecule has 0 saturated carbocycles. The minimum Gasteiger partial charge on any atom is -0.352 e. The van der Waals surface area contributed by atoms with Crippen molar-refractivity contribution < 1.29 is 4.79 Å². The first-order chi connectivity index (χ1) is 14.1.